The molecular weight excluding hydrogens is 408 g/mol. The van der Waals surface area contributed by atoms with Crippen LogP contribution in [0.5, 0.6) is 0 Å². The summed E-state index contributed by atoms with van der Waals surface area (Å²) in [5.74, 6) is 0.282. The fourth-order valence-electron chi connectivity index (χ4n) is 5.65. The quantitative estimate of drug-likeness (QED) is 0.682. The molecule has 0 saturated carbocycles. The van der Waals surface area contributed by atoms with Gasteiger partial charge in [-0.3, -0.25) is 19.2 Å². The number of benzene rings is 1. The van der Waals surface area contributed by atoms with Gasteiger partial charge in [-0.15, -0.1) is 0 Å². The average Bonchev–Trinajstić information content (AvgIpc) is 3.57. The molecule has 0 atom stereocenters. The topological polar surface area (TPSA) is 81.2 Å². The molecule has 8 nitrogen and oxygen atoms in total. The lowest BCUT2D eigenvalue weighted by Gasteiger charge is -2.38. The SMILES string of the molecule is O=C1CCCN1C(c1cccc(C(N2CCCC2=O)N2CCCC2=O)c1)N1CCCC1=O. The molecule has 4 aliphatic rings. The highest BCUT2D eigenvalue weighted by atomic mass is 16.2. The maximum Gasteiger partial charge on any atom is 0.224 e. The Morgan fingerprint density at radius 1 is 0.531 bits per heavy atom. The third-order valence-corrected chi connectivity index (χ3v) is 7.13. The second-order valence-corrected chi connectivity index (χ2v) is 9.18. The van der Waals surface area contributed by atoms with Gasteiger partial charge in [-0.1, -0.05) is 18.2 Å². The second-order valence-electron chi connectivity index (χ2n) is 9.18. The summed E-state index contributed by atoms with van der Waals surface area (Å²) in [5, 5.41) is 0. The molecule has 4 aliphatic heterocycles. The predicted molar refractivity (Wildman–Crippen MR) is 116 cm³/mol. The zero-order valence-corrected chi connectivity index (χ0v) is 18.4. The third kappa shape index (κ3) is 3.65. The van der Waals surface area contributed by atoms with E-state index in [0.717, 1.165) is 36.8 Å². The Kier molecular flexibility index (Phi) is 5.61. The number of nitrogens with zero attached hydrogens (tertiary/aromatic N) is 4. The molecule has 4 amide bonds. The van der Waals surface area contributed by atoms with E-state index in [2.05, 4.69) is 0 Å². The summed E-state index contributed by atoms with van der Waals surface area (Å²) in [6.45, 7) is 2.54. The smallest absolute Gasteiger partial charge is 0.224 e. The van der Waals surface area contributed by atoms with Gasteiger partial charge in [-0.05, 0) is 42.9 Å². The van der Waals surface area contributed by atoms with Gasteiger partial charge in [0.2, 0.25) is 23.6 Å². The first-order valence-corrected chi connectivity index (χ1v) is 11.8. The standard InChI is InChI=1S/C24H30N4O4/c29-19-8-2-12-25(19)23(26-13-3-9-20(26)30)17-6-1-7-18(16-17)24(27-14-4-10-21(27)31)28-15-5-11-22(28)32/h1,6-7,16,23-24H,2-5,8-15H2. The van der Waals surface area contributed by atoms with Crippen LogP contribution in [-0.2, 0) is 19.2 Å². The zero-order chi connectivity index (χ0) is 22.2. The van der Waals surface area contributed by atoms with Crippen molar-refractivity contribution >= 4 is 23.6 Å². The van der Waals surface area contributed by atoms with Gasteiger partial charge in [-0.2, -0.15) is 0 Å². The first kappa shape index (κ1) is 21.0. The maximum absolute atomic E-state index is 12.7. The van der Waals surface area contributed by atoms with E-state index in [4.69, 9.17) is 0 Å². The fourth-order valence-corrected chi connectivity index (χ4v) is 5.65. The first-order valence-electron chi connectivity index (χ1n) is 11.8. The molecule has 4 saturated heterocycles. The monoisotopic (exact) mass is 438 g/mol. The molecule has 0 radical (unpaired) electrons. The van der Waals surface area contributed by atoms with Crippen LogP contribution in [0.1, 0.15) is 74.8 Å². The number of rotatable bonds is 6. The lowest BCUT2D eigenvalue weighted by atomic mass is 10.0. The fraction of sp³-hybridized carbons (Fsp3) is 0.583. The van der Waals surface area contributed by atoms with Crippen LogP contribution >= 0.6 is 0 Å². The number of amides is 4. The van der Waals surface area contributed by atoms with Crippen LogP contribution in [0.4, 0.5) is 0 Å². The van der Waals surface area contributed by atoms with Crippen LogP contribution in [0.25, 0.3) is 0 Å². The van der Waals surface area contributed by atoms with E-state index < -0.39 is 12.3 Å². The van der Waals surface area contributed by atoms with Crippen LogP contribution in [-0.4, -0.2) is 69.4 Å². The molecule has 4 heterocycles. The van der Waals surface area contributed by atoms with Crippen molar-refractivity contribution in [2.75, 3.05) is 26.2 Å². The van der Waals surface area contributed by atoms with Crippen molar-refractivity contribution in [3.8, 4) is 0 Å². The van der Waals surface area contributed by atoms with Crippen molar-refractivity contribution in [3.63, 3.8) is 0 Å². The lowest BCUT2D eigenvalue weighted by Crippen LogP contribution is -2.44. The van der Waals surface area contributed by atoms with E-state index in [1.54, 1.807) is 0 Å². The van der Waals surface area contributed by atoms with Crippen LogP contribution in [0.2, 0.25) is 0 Å². The van der Waals surface area contributed by atoms with E-state index in [1.165, 1.54) is 0 Å². The molecule has 170 valence electrons. The van der Waals surface area contributed by atoms with Gasteiger partial charge in [0.15, 0.2) is 0 Å². The molecule has 4 fully saturated rings. The van der Waals surface area contributed by atoms with E-state index in [-0.39, 0.29) is 23.6 Å². The van der Waals surface area contributed by atoms with Gasteiger partial charge in [0, 0.05) is 51.9 Å². The van der Waals surface area contributed by atoms with Gasteiger partial charge in [-0.25, -0.2) is 0 Å². The van der Waals surface area contributed by atoms with Gasteiger partial charge < -0.3 is 19.6 Å². The summed E-state index contributed by atoms with van der Waals surface area (Å²) in [6, 6.07) is 7.84. The Bertz CT molecular complexity index is 824. The van der Waals surface area contributed by atoms with Crippen molar-refractivity contribution in [1.29, 1.82) is 0 Å². The Balaban J connectivity index is 1.54. The molecule has 5 rings (SSSR count). The van der Waals surface area contributed by atoms with Gasteiger partial charge in [0.05, 0.1) is 0 Å². The highest BCUT2D eigenvalue weighted by Crippen LogP contribution is 2.37. The average molecular weight is 439 g/mol. The van der Waals surface area contributed by atoms with Crippen LogP contribution < -0.4 is 0 Å². The molecule has 1 aromatic rings. The molecule has 1 aromatic carbocycles. The lowest BCUT2D eigenvalue weighted by molar-refractivity contribution is -0.142. The summed E-state index contributed by atoms with van der Waals surface area (Å²) in [7, 11) is 0. The summed E-state index contributed by atoms with van der Waals surface area (Å²) < 4.78 is 0. The zero-order valence-electron chi connectivity index (χ0n) is 18.4. The van der Waals surface area contributed by atoms with E-state index in [0.29, 0.717) is 51.9 Å². The predicted octanol–water partition coefficient (Wildman–Crippen LogP) is 2.17. The molecule has 0 spiro atoms. The van der Waals surface area contributed by atoms with Crippen molar-refractivity contribution in [1.82, 2.24) is 19.6 Å². The number of hydrogen-bond donors (Lipinski definition) is 0. The van der Waals surface area contributed by atoms with Crippen LogP contribution in [0.3, 0.4) is 0 Å². The van der Waals surface area contributed by atoms with Crippen molar-refractivity contribution in [2.24, 2.45) is 0 Å². The minimum atomic E-state index is -0.427. The van der Waals surface area contributed by atoms with Gasteiger partial charge in [0.25, 0.3) is 0 Å². The highest BCUT2D eigenvalue weighted by Gasteiger charge is 2.40. The Morgan fingerprint density at radius 3 is 1.09 bits per heavy atom. The largest absolute Gasteiger partial charge is 0.318 e. The van der Waals surface area contributed by atoms with Gasteiger partial charge >= 0.3 is 0 Å². The molecule has 0 aliphatic carbocycles. The molecule has 32 heavy (non-hydrogen) atoms. The first-order chi connectivity index (χ1) is 15.5. The van der Waals surface area contributed by atoms with Crippen molar-refractivity contribution < 1.29 is 19.2 Å². The molecule has 0 N–H and O–H groups in total. The van der Waals surface area contributed by atoms with Crippen LogP contribution in [0, 0.1) is 0 Å². The van der Waals surface area contributed by atoms with Crippen LogP contribution in [0.15, 0.2) is 24.3 Å². The number of carbonyl (C=O) groups is 4. The van der Waals surface area contributed by atoms with E-state index in [1.807, 2.05) is 43.9 Å². The normalized spacial score (nSPS) is 22.1. The summed E-state index contributed by atoms with van der Waals surface area (Å²) in [6.07, 6.45) is 4.35. The Morgan fingerprint density at radius 2 is 0.844 bits per heavy atom. The third-order valence-electron chi connectivity index (χ3n) is 7.13. The van der Waals surface area contributed by atoms with E-state index in [9.17, 15) is 19.2 Å². The minimum absolute atomic E-state index is 0.0705. The Labute approximate surface area is 188 Å². The molecule has 0 aromatic heterocycles. The summed E-state index contributed by atoms with van der Waals surface area (Å²) >= 11 is 0. The number of likely N-dealkylation sites (tertiary alicyclic amines) is 4. The molecular formula is C24H30N4O4. The van der Waals surface area contributed by atoms with Crippen molar-refractivity contribution in [2.45, 2.75) is 63.7 Å². The van der Waals surface area contributed by atoms with Crippen molar-refractivity contribution in [3.05, 3.63) is 35.4 Å². The minimum Gasteiger partial charge on any atom is -0.318 e. The number of hydrogen-bond acceptors (Lipinski definition) is 4. The van der Waals surface area contributed by atoms with E-state index >= 15 is 0 Å². The molecule has 0 unspecified atom stereocenters. The molecule has 0 bridgehead atoms. The second kappa shape index (κ2) is 8.56. The van der Waals surface area contributed by atoms with Gasteiger partial charge in [0.1, 0.15) is 12.3 Å². The number of carbonyl (C=O) groups excluding carboxylic acids is 4. The Hall–Kier alpha value is -2.90. The summed E-state index contributed by atoms with van der Waals surface area (Å²) in [4.78, 5) is 57.9. The maximum atomic E-state index is 12.7. The molecule has 8 heteroatoms. The highest BCUT2D eigenvalue weighted by molar-refractivity contribution is 5.83. The summed E-state index contributed by atoms with van der Waals surface area (Å²) in [5.41, 5.74) is 1.74.